The van der Waals surface area contributed by atoms with E-state index in [1.165, 1.54) is 0 Å². The van der Waals surface area contributed by atoms with Crippen molar-refractivity contribution in [3.05, 3.63) is 53.0 Å². The number of benzene rings is 2. The first kappa shape index (κ1) is 23.5. The van der Waals surface area contributed by atoms with E-state index in [1.807, 2.05) is 31.2 Å². The molecule has 1 amide bonds. The molecule has 0 aliphatic rings. The van der Waals surface area contributed by atoms with Crippen molar-refractivity contribution in [1.29, 1.82) is 0 Å². The molecule has 32 heavy (non-hydrogen) atoms. The summed E-state index contributed by atoms with van der Waals surface area (Å²) in [5, 5.41) is 3.71. The molecular weight excluding hydrogens is 428 g/mol. The van der Waals surface area contributed by atoms with Crippen LogP contribution in [-0.4, -0.2) is 43.2 Å². The molecule has 0 radical (unpaired) electrons. The van der Waals surface area contributed by atoms with Gasteiger partial charge in [-0.3, -0.25) is 4.79 Å². The zero-order chi connectivity index (χ0) is 22.8. The highest BCUT2D eigenvalue weighted by Gasteiger charge is 2.14. The standard InChI is InChI=1S/C24H28N2O5S/c1-3-5-14-30-19-11-10-17(15-20(19)29-4-2)24(28)31-16-22(27)25-13-12-23-26-18-8-6-7-9-21(18)32-23/h6-11,15H,3-5,12-14,16H2,1-2H3,(H,25,27). The molecule has 3 aromatic rings. The maximum atomic E-state index is 12.4. The monoisotopic (exact) mass is 456 g/mol. The Kier molecular flexibility index (Phi) is 8.86. The van der Waals surface area contributed by atoms with Crippen LogP contribution in [-0.2, 0) is 16.0 Å². The average molecular weight is 457 g/mol. The smallest absolute Gasteiger partial charge is 0.338 e. The molecule has 0 fully saturated rings. The summed E-state index contributed by atoms with van der Waals surface area (Å²) in [6, 6.07) is 12.8. The first-order valence-electron chi connectivity index (χ1n) is 10.8. The molecule has 0 saturated carbocycles. The summed E-state index contributed by atoms with van der Waals surface area (Å²) in [4.78, 5) is 29.0. The van der Waals surface area contributed by atoms with E-state index in [4.69, 9.17) is 14.2 Å². The number of hydrogen-bond acceptors (Lipinski definition) is 7. The number of fused-ring (bicyclic) bond motifs is 1. The van der Waals surface area contributed by atoms with Crippen LogP contribution in [0.2, 0.25) is 0 Å². The van der Waals surface area contributed by atoms with Crippen LogP contribution in [0.25, 0.3) is 10.2 Å². The van der Waals surface area contributed by atoms with E-state index >= 15 is 0 Å². The molecule has 7 nitrogen and oxygen atoms in total. The highest BCUT2D eigenvalue weighted by molar-refractivity contribution is 7.18. The van der Waals surface area contributed by atoms with Crippen molar-refractivity contribution in [3.63, 3.8) is 0 Å². The molecule has 3 rings (SSSR count). The van der Waals surface area contributed by atoms with Crippen LogP contribution >= 0.6 is 11.3 Å². The predicted octanol–water partition coefficient (Wildman–Crippen LogP) is 4.39. The topological polar surface area (TPSA) is 86.8 Å². The molecule has 0 atom stereocenters. The molecular formula is C24H28N2O5S. The second-order valence-corrected chi connectivity index (χ2v) is 8.16. The quantitative estimate of drug-likeness (QED) is 0.321. The lowest BCUT2D eigenvalue weighted by Gasteiger charge is -2.13. The Balaban J connectivity index is 1.46. The number of esters is 1. The molecule has 170 valence electrons. The third kappa shape index (κ3) is 6.68. The Hall–Kier alpha value is -3.13. The van der Waals surface area contributed by atoms with Crippen LogP contribution < -0.4 is 14.8 Å². The molecule has 0 bridgehead atoms. The van der Waals surface area contributed by atoms with Gasteiger partial charge in [-0.05, 0) is 43.7 Å². The fraction of sp³-hybridized carbons (Fsp3) is 0.375. The highest BCUT2D eigenvalue weighted by atomic mass is 32.1. The van der Waals surface area contributed by atoms with Gasteiger partial charge in [-0.2, -0.15) is 0 Å². The van der Waals surface area contributed by atoms with Crippen molar-refractivity contribution in [1.82, 2.24) is 10.3 Å². The number of carbonyl (C=O) groups excluding carboxylic acids is 2. The Labute approximate surface area is 191 Å². The maximum absolute atomic E-state index is 12.4. The summed E-state index contributed by atoms with van der Waals surface area (Å²) in [5.74, 6) is 0.124. The van der Waals surface area contributed by atoms with E-state index in [9.17, 15) is 9.59 Å². The molecule has 8 heteroatoms. The lowest BCUT2D eigenvalue weighted by atomic mass is 10.2. The van der Waals surface area contributed by atoms with Gasteiger partial charge >= 0.3 is 5.97 Å². The Morgan fingerprint density at radius 3 is 2.69 bits per heavy atom. The number of carbonyl (C=O) groups is 2. The molecule has 1 heterocycles. The van der Waals surface area contributed by atoms with Crippen LogP contribution in [0.5, 0.6) is 11.5 Å². The van der Waals surface area contributed by atoms with Crippen molar-refractivity contribution in [2.45, 2.75) is 33.1 Å². The predicted molar refractivity (Wildman–Crippen MR) is 125 cm³/mol. The summed E-state index contributed by atoms with van der Waals surface area (Å²) >= 11 is 1.61. The number of rotatable bonds is 12. The number of nitrogens with zero attached hydrogens (tertiary/aromatic N) is 1. The van der Waals surface area contributed by atoms with Gasteiger partial charge in [0.2, 0.25) is 0 Å². The Morgan fingerprint density at radius 2 is 1.91 bits per heavy atom. The van der Waals surface area contributed by atoms with Gasteiger partial charge in [0.1, 0.15) is 0 Å². The van der Waals surface area contributed by atoms with Crippen molar-refractivity contribution >= 4 is 33.4 Å². The van der Waals surface area contributed by atoms with Crippen molar-refractivity contribution < 1.29 is 23.8 Å². The minimum absolute atomic E-state index is 0.304. The van der Waals surface area contributed by atoms with Crippen LogP contribution in [0.1, 0.15) is 42.1 Å². The molecule has 1 N–H and O–H groups in total. The van der Waals surface area contributed by atoms with Crippen molar-refractivity contribution in [3.8, 4) is 11.5 Å². The van der Waals surface area contributed by atoms with Crippen LogP contribution in [0.15, 0.2) is 42.5 Å². The molecule has 0 spiro atoms. The van der Waals surface area contributed by atoms with E-state index in [-0.39, 0.29) is 12.5 Å². The van der Waals surface area contributed by atoms with Gasteiger partial charge in [0.15, 0.2) is 18.1 Å². The van der Waals surface area contributed by atoms with Gasteiger partial charge < -0.3 is 19.5 Å². The van der Waals surface area contributed by atoms with E-state index in [0.717, 1.165) is 28.1 Å². The second kappa shape index (κ2) is 12.0. The summed E-state index contributed by atoms with van der Waals surface area (Å²) in [6.45, 7) is 5.05. The summed E-state index contributed by atoms with van der Waals surface area (Å²) in [7, 11) is 0. The number of para-hydroxylation sites is 1. The molecule has 0 saturated heterocycles. The van der Waals surface area contributed by atoms with Crippen molar-refractivity contribution in [2.75, 3.05) is 26.4 Å². The minimum atomic E-state index is -0.590. The number of thiazole rings is 1. The number of hydrogen-bond donors (Lipinski definition) is 1. The van der Waals surface area contributed by atoms with Crippen molar-refractivity contribution in [2.24, 2.45) is 0 Å². The number of nitrogens with one attached hydrogen (secondary N) is 1. The normalized spacial score (nSPS) is 10.7. The largest absolute Gasteiger partial charge is 0.490 e. The average Bonchev–Trinajstić information content (AvgIpc) is 3.21. The zero-order valence-corrected chi connectivity index (χ0v) is 19.2. The Morgan fingerprint density at radius 1 is 1.06 bits per heavy atom. The summed E-state index contributed by atoms with van der Waals surface area (Å²) < 4.78 is 17.6. The number of amides is 1. The zero-order valence-electron chi connectivity index (χ0n) is 18.4. The van der Waals surface area contributed by atoms with Crippen LogP contribution in [0, 0.1) is 0 Å². The summed E-state index contributed by atoms with van der Waals surface area (Å²) in [5.41, 5.74) is 1.26. The number of aromatic nitrogens is 1. The third-order valence-electron chi connectivity index (χ3n) is 4.57. The molecule has 0 aliphatic heterocycles. The highest BCUT2D eigenvalue weighted by Crippen LogP contribution is 2.29. The minimum Gasteiger partial charge on any atom is -0.490 e. The van der Waals surface area contributed by atoms with Gasteiger partial charge in [0, 0.05) is 13.0 Å². The maximum Gasteiger partial charge on any atom is 0.338 e. The van der Waals surface area contributed by atoms with E-state index in [2.05, 4.69) is 17.2 Å². The van der Waals surface area contributed by atoms with E-state index < -0.39 is 5.97 Å². The first-order valence-corrected chi connectivity index (χ1v) is 11.6. The number of ether oxygens (including phenoxy) is 3. The third-order valence-corrected chi connectivity index (χ3v) is 5.66. The molecule has 0 unspecified atom stereocenters. The van der Waals surface area contributed by atoms with Crippen LogP contribution in [0.3, 0.4) is 0 Å². The lowest BCUT2D eigenvalue weighted by molar-refractivity contribution is -0.124. The van der Waals surface area contributed by atoms with Gasteiger partial charge in [-0.1, -0.05) is 25.5 Å². The number of unbranched alkanes of at least 4 members (excludes halogenated alkanes) is 1. The first-order chi connectivity index (χ1) is 15.6. The van der Waals surface area contributed by atoms with E-state index in [0.29, 0.717) is 43.2 Å². The fourth-order valence-electron chi connectivity index (χ4n) is 2.95. The molecule has 0 aliphatic carbocycles. The lowest BCUT2D eigenvalue weighted by Crippen LogP contribution is -2.30. The fourth-order valence-corrected chi connectivity index (χ4v) is 3.92. The molecule has 2 aromatic carbocycles. The van der Waals surface area contributed by atoms with E-state index in [1.54, 1.807) is 29.5 Å². The van der Waals surface area contributed by atoms with Crippen LogP contribution in [0.4, 0.5) is 0 Å². The van der Waals surface area contributed by atoms with Gasteiger partial charge in [-0.25, -0.2) is 9.78 Å². The molecule has 1 aromatic heterocycles. The summed E-state index contributed by atoms with van der Waals surface area (Å²) in [6.07, 6.45) is 2.58. The van der Waals surface area contributed by atoms with Gasteiger partial charge in [0.05, 0.1) is 34.0 Å². The SMILES string of the molecule is CCCCOc1ccc(C(=O)OCC(=O)NCCc2nc3ccccc3s2)cc1OCC. The van der Waals surface area contributed by atoms with Gasteiger partial charge in [0.25, 0.3) is 5.91 Å². The van der Waals surface area contributed by atoms with Gasteiger partial charge in [-0.15, -0.1) is 11.3 Å². The Bertz CT molecular complexity index is 1020. The second-order valence-electron chi connectivity index (χ2n) is 7.05.